The number of imidazole rings is 1. The maximum Gasteiger partial charge on any atom is 0.358 e. The highest BCUT2D eigenvalue weighted by Crippen LogP contribution is 2.08. The molecule has 0 spiro atoms. The molecular weight excluding hydrogens is 228 g/mol. The van der Waals surface area contributed by atoms with Crippen molar-refractivity contribution in [3.8, 4) is 0 Å². The van der Waals surface area contributed by atoms with E-state index in [0.717, 1.165) is 5.56 Å². The van der Waals surface area contributed by atoms with Crippen LogP contribution in [0.4, 0.5) is 0 Å². The molecule has 1 aromatic heterocycles. The van der Waals surface area contributed by atoms with Crippen LogP contribution in [0.25, 0.3) is 12.2 Å². The molecule has 4 heteroatoms. The number of aromatic nitrogens is 2. The number of rotatable bonds is 3. The number of hydrogen-bond acceptors (Lipinski definition) is 3. The van der Waals surface area contributed by atoms with Gasteiger partial charge in [-0.3, -0.25) is 0 Å². The molecule has 0 bridgehead atoms. The van der Waals surface area contributed by atoms with Gasteiger partial charge in [0.05, 0.1) is 7.11 Å². The minimum Gasteiger partial charge on any atom is -0.464 e. The van der Waals surface area contributed by atoms with E-state index >= 15 is 0 Å². The molecule has 4 nitrogen and oxygen atoms in total. The highest BCUT2D eigenvalue weighted by Gasteiger charge is 2.10. The number of ether oxygens (including phenoxy) is 1. The first kappa shape index (κ1) is 12.1. The number of carbonyl (C=O) groups excluding carboxylic acids is 1. The van der Waals surface area contributed by atoms with E-state index in [9.17, 15) is 4.79 Å². The summed E-state index contributed by atoms with van der Waals surface area (Å²) in [4.78, 5) is 15.5. The summed E-state index contributed by atoms with van der Waals surface area (Å²) in [6.07, 6.45) is 5.46. The third kappa shape index (κ3) is 2.66. The summed E-state index contributed by atoms with van der Waals surface area (Å²) in [7, 11) is 3.18. The molecule has 1 aromatic carbocycles. The zero-order valence-corrected chi connectivity index (χ0v) is 10.3. The normalized spacial score (nSPS) is 10.8. The van der Waals surface area contributed by atoms with Crippen LogP contribution < -0.4 is 0 Å². The standard InChI is InChI=1S/C14H14N2O2/c1-16-10-12(14(17)18-2)15-13(16)9-8-11-6-4-3-5-7-11/h3-10H,1-2H3. The van der Waals surface area contributed by atoms with Gasteiger partial charge in [0.15, 0.2) is 5.69 Å². The third-order valence-electron chi connectivity index (χ3n) is 2.53. The van der Waals surface area contributed by atoms with Crippen LogP contribution in [-0.2, 0) is 11.8 Å². The second kappa shape index (κ2) is 5.31. The molecule has 0 aliphatic heterocycles. The van der Waals surface area contributed by atoms with E-state index in [1.165, 1.54) is 7.11 Å². The Morgan fingerprint density at radius 2 is 2.00 bits per heavy atom. The van der Waals surface area contributed by atoms with Crippen molar-refractivity contribution in [3.05, 3.63) is 53.6 Å². The maximum absolute atomic E-state index is 11.3. The van der Waals surface area contributed by atoms with Crippen LogP contribution in [0, 0.1) is 0 Å². The molecule has 0 N–H and O–H groups in total. The SMILES string of the molecule is COC(=O)c1cn(C)c(C=Cc2ccccc2)n1. The maximum atomic E-state index is 11.3. The predicted molar refractivity (Wildman–Crippen MR) is 69.9 cm³/mol. The van der Waals surface area contributed by atoms with Crippen molar-refractivity contribution in [2.75, 3.05) is 7.11 Å². The summed E-state index contributed by atoms with van der Waals surface area (Å²) in [5.41, 5.74) is 1.40. The molecule has 2 rings (SSSR count). The van der Waals surface area contributed by atoms with Crippen LogP contribution in [0.2, 0.25) is 0 Å². The van der Waals surface area contributed by atoms with Gasteiger partial charge in [-0.1, -0.05) is 36.4 Å². The van der Waals surface area contributed by atoms with Crippen LogP contribution in [0.5, 0.6) is 0 Å². The first-order chi connectivity index (χ1) is 8.70. The number of esters is 1. The zero-order valence-electron chi connectivity index (χ0n) is 10.3. The molecule has 0 atom stereocenters. The first-order valence-corrected chi connectivity index (χ1v) is 5.55. The number of hydrogen-bond donors (Lipinski definition) is 0. The Hall–Kier alpha value is -2.36. The fourth-order valence-electron chi connectivity index (χ4n) is 1.57. The van der Waals surface area contributed by atoms with Gasteiger partial charge in [0, 0.05) is 13.2 Å². The fraction of sp³-hybridized carbons (Fsp3) is 0.143. The predicted octanol–water partition coefficient (Wildman–Crippen LogP) is 2.38. The number of carbonyl (C=O) groups is 1. The van der Waals surface area contributed by atoms with Crippen LogP contribution in [0.15, 0.2) is 36.5 Å². The Balaban J connectivity index is 2.22. The van der Waals surface area contributed by atoms with Gasteiger partial charge in [-0.15, -0.1) is 0 Å². The van der Waals surface area contributed by atoms with Crippen LogP contribution in [0.1, 0.15) is 21.9 Å². The Kier molecular flexibility index (Phi) is 3.57. The topological polar surface area (TPSA) is 44.1 Å². The molecule has 0 aliphatic carbocycles. The molecule has 0 radical (unpaired) electrons. The van der Waals surface area contributed by atoms with Crippen molar-refractivity contribution in [2.45, 2.75) is 0 Å². The molecule has 18 heavy (non-hydrogen) atoms. The third-order valence-corrected chi connectivity index (χ3v) is 2.53. The Bertz CT molecular complexity index is 571. The lowest BCUT2D eigenvalue weighted by Gasteiger charge is -1.94. The molecule has 0 unspecified atom stereocenters. The van der Waals surface area contributed by atoms with Crippen molar-refractivity contribution in [1.29, 1.82) is 0 Å². The van der Waals surface area contributed by atoms with E-state index in [2.05, 4.69) is 9.72 Å². The molecule has 92 valence electrons. The van der Waals surface area contributed by atoms with E-state index < -0.39 is 5.97 Å². The summed E-state index contributed by atoms with van der Waals surface area (Å²) in [6.45, 7) is 0. The van der Waals surface area contributed by atoms with E-state index in [-0.39, 0.29) is 0 Å². The monoisotopic (exact) mass is 242 g/mol. The number of benzene rings is 1. The van der Waals surface area contributed by atoms with E-state index in [0.29, 0.717) is 11.5 Å². The van der Waals surface area contributed by atoms with Crippen molar-refractivity contribution in [1.82, 2.24) is 9.55 Å². The lowest BCUT2D eigenvalue weighted by molar-refractivity contribution is 0.0594. The Labute approximate surface area is 106 Å². The molecule has 0 saturated carbocycles. The fourth-order valence-corrected chi connectivity index (χ4v) is 1.57. The molecule has 0 saturated heterocycles. The summed E-state index contributed by atoms with van der Waals surface area (Å²) in [5, 5.41) is 0. The Morgan fingerprint density at radius 3 is 2.67 bits per heavy atom. The highest BCUT2D eigenvalue weighted by molar-refractivity contribution is 5.87. The lowest BCUT2D eigenvalue weighted by atomic mass is 10.2. The van der Waals surface area contributed by atoms with Crippen LogP contribution in [-0.4, -0.2) is 22.6 Å². The average molecular weight is 242 g/mol. The van der Waals surface area contributed by atoms with Gasteiger partial charge in [-0.05, 0) is 11.6 Å². The summed E-state index contributed by atoms with van der Waals surface area (Å²) >= 11 is 0. The molecule has 2 aromatic rings. The quantitative estimate of drug-likeness (QED) is 0.776. The lowest BCUT2D eigenvalue weighted by Crippen LogP contribution is -2.00. The van der Waals surface area contributed by atoms with Gasteiger partial charge in [-0.25, -0.2) is 9.78 Å². The summed E-state index contributed by atoms with van der Waals surface area (Å²) < 4.78 is 6.41. The summed E-state index contributed by atoms with van der Waals surface area (Å²) in [6, 6.07) is 9.91. The van der Waals surface area contributed by atoms with E-state index in [4.69, 9.17) is 0 Å². The van der Waals surface area contributed by atoms with Gasteiger partial charge in [0.25, 0.3) is 0 Å². The molecule has 1 heterocycles. The second-order valence-corrected chi connectivity index (χ2v) is 3.83. The second-order valence-electron chi connectivity index (χ2n) is 3.83. The van der Waals surface area contributed by atoms with Crippen LogP contribution >= 0.6 is 0 Å². The van der Waals surface area contributed by atoms with Gasteiger partial charge in [0.1, 0.15) is 5.82 Å². The van der Waals surface area contributed by atoms with Crippen molar-refractivity contribution < 1.29 is 9.53 Å². The van der Waals surface area contributed by atoms with Gasteiger partial charge in [0.2, 0.25) is 0 Å². The largest absolute Gasteiger partial charge is 0.464 e. The highest BCUT2D eigenvalue weighted by atomic mass is 16.5. The zero-order chi connectivity index (χ0) is 13.0. The van der Waals surface area contributed by atoms with Crippen molar-refractivity contribution >= 4 is 18.1 Å². The van der Waals surface area contributed by atoms with Gasteiger partial charge < -0.3 is 9.30 Å². The Morgan fingerprint density at radius 1 is 1.28 bits per heavy atom. The number of nitrogens with zero attached hydrogens (tertiary/aromatic N) is 2. The van der Waals surface area contributed by atoms with Gasteiger partial charge in [-0.2, -0.15) is 0 Å². The number of methoxy groups -OCH3 is 1. The summed E-state index contributed by atoms with van der Waals surface area (Å²) in [5.74, 6) is 0.282. The minimum atomic E-state index is -0.426. The van der Waals surface area contributed by atoms with E-state index in [1.807, 2.05) is 49.5 Å². The van der Waals surface area contributed by atoms with Crippen molar-refractivity contribution in [2.24, 2.45) is 7.05 Å². The molecule has 0 aliphatic rings. The smallest absolute Gasteiger partial charge is 0.358 e. The number of aryl methyl sites for hydroxylation is 1. The van der Waals surface area contributed by atoms with E-state index in [1.54, 1.807) is 10.8 Å². The molecule has 0 fully saturated rings. The van der Waals surface area contributed by atoms with Gasteiger partial charge >= 0.3 is 5.97 Å². The molecule has 0 amide bonds. The first-order valence-electron chi connectivity index (χ1n) is 5.55. The molecular formula is C14H14N2O2. The minimum absolute atomic E-state index is 0.313. The average Bonchev–Trinajstić information content (AvgIpc) is 2.78. The van der Waals surface area contributed by atoms with Crippen molar-refractivity contribution in [3.63, 3.8) is 0 Å². The van der Waals surface area contributed by atoms with Crippen LogP contribution in [0.3, 0.4) is 0 Å².